The molecule has 1 amide bonds. The molecule has 1 N–H and O–H groups in total. The molecule has 2 nitrogen and oxygen atoms in total. The standard InChI is InChI=1S/C8H8FNOS/c9-5-6-1-3-7(4-2-6)8(11)10-12/h1-4,12H,5H2,(H,10,11). The van der Waals surface area contributed by atoms with Crippen LogP contribution in [0.25, 0.3) is 0 Å². The number of hydrogen-bond acceptors (Lipinski definition) is 2. The van der Waals surface area contributed by atoms with Gasteiger partial charge in [0.25, 0.3) is 5.91 Å². The van der Waals surface area contributed by atoms with Crippen molar-refractivity contribution in [2.24, 2.45) is 0 Å². The summed E-state index contributed by atoms with van der Waals surface area (Å²) in [5.41, 5.74) is 1.04. The second kappa shape index (κ2) is 4.11. The Kier molecular flexibility index (Phi) is 3.10. The second-order valence-electron chi connectivity index (χ2n) is 2.27. The van der Waals surface area contributed by atoms with Gasteiger partial charge in [0.1, 0.15) is 6.67 Å². The van der Waals surface area contributed by atoms with Crippen molar-refractivity contribution in [3.8, 4) is 0 Å². The fraction of sp³-hybridized carbons (Fsp3) is 0.125. The summed E-state index contributed by atoms with van der Waals surface area (Å²) >= 11 is 3.60. The number of carbonyl (C=O) groups is 1. The molecule has 0 radical (unpaired) electrons. The minimum atomic E-state index is -0.511. The van der Waals surface area contributed by atoms with Crippen molar-refractivity contribution in [3.05, 3.63) is 35.4 Å². The molecule has 64 valence electrons. The zero-order chi connectivity index (χ0) is 8.97. The monoisotopic (exact) mass is 185 g/mol. The van der Waals surface area contributed by atoms with E-state index in [-0.39, 0.29) is 5.91 Å². The summed E-state index contributed by atoms with van der Waals surface area (Å²) in [4.78, 5) is 10.9. The third-order valence-corrected chi connectivity index (χ3v) is 1.68. The number of nitrogens with one attached hydrogen (secondary N) is 1. The van der Waals surface area contributed by atoms with Crippen molar-refractivity contribution in [1.29, 1.82) is 0 Å². The number of amides is 1. The maximum Gasteiger partial charge on any atom is 0.260 e. The van der Waals surface area contributed by atoms with Crippen molar-refractivity contribution in [3.63, 3.8) is 0 Å². The van der Waals surface area contributed by atoms with Crippen molar-refractivity contribution >= 4 is 18.7 Å². The number of carbonyl (C=O) groups excluding carboxylic acids is 1. The lowest BCUT2D eigenvalue weighted by atomic mass is 10.1. The molecule has 0 aliphatic heterocycles. The molecule has 1 aromatic carbocycles. The van der Waals surface area contributed by atoms with E-state index in [0.717, 1.165) is 0 Å². The highest BCUT2D eigenvalue weighted by Crippen LogP contribution is 2.05. The molecule has 0 saturated heterocycles. The largest absolute Gasteiger partial charge is 0.299 e. The fourth-order valence-corrected chi connectivity index (χ4v) is 0.939. The zero-order valence-corrected chi connectivity index (χ0v) is 7.14. The van der Waals surface area contributed by atoms with E-state index in [1.807, 2.05) is 0 Å². The molecule has 0 saturated carbocycles. The number of benzene rings is 1. The Morgan fingerprint density at radius 1 is 1.42 bits per heavy atom. The molecule has 12 heavy (non-hydrogen) atoms. The summed E-state index contributed by atoms with van der Waals surface area (Å²) in [5.74, 6) is -0.288. The SMILES string of the molecule is O=C(NS)c1ccc(CF)cc1. The van der Waals surface area contributed by atoms with E-state index in [1.54, 1.807) is 24.3 Å². The minimum absolute atomic E-state index is 0.288. The Hall–Kier alpha value is -1.03. The number of halogens is 1. The van der Waals surface area contributed by atoms with E-state index in [1.165, 1.54) is 0 Å². The average molecular weight is 185 g/mol. The molecule has 0 aliphatic rings. The molecule has 0 atom stereocenters. The number of alkyl halides is 1. The molecular weight excluding hydrogens is 177 g/mol. The Balaban J connectivity index is 2.84. The maximum atomic E-state index is 12.0. The highest BCUT2D eigenvalue weighted by molar-refractivity contribution is 7.78. The van der Waals surface area contributed by atoms with Gasteiger partial charge in [0, 0.05) is 5.56 Å². The van der Waals surface area contributed by atoms with Crippen LogP contribution in [-0.2, 0) is 6.67 Å². The molecule has 4 heteroatoms. The molecule has 0 aliphatic carbocycles. The van der Waals surface area contributed by atoms with Crippen molar-refractivity contribution in [1.82, 2.24) is 4.72 Å². The Labute approximate surface area is 75.3 Å². The third-order valence-electron chi connectivity index (χ3n) is 1.47. The van der Waals surface area contributed by atoms with Crippen LogP contribution in [0, 0.1) is 0 Å². The van der Waals surface area contributed by atoms with Gasteiger partial charge >= 0.3 is 0 Å². The van der Waals surface area contributed by atoms with Gasteiger partial charge in [0.15, 0.2) is 0 Å². The average Bonchev–Trinajstić information content (AvgIpc) is 2.17. The summed E-state index contributed by atoms with van der Waals surface area (Å²) in [7, 11) is 0. The summed E-state index contributed by atoms with van der Waals surface area (Å²) in [5, 5.41) is 0. The normalized spacial score (nSPS) is 9.50. The third kappa shape index (κ3) is 1.98. The van der Waals surface area contributed by atoms with Crippen LogP contribution < -0.4 is 4.72 Å². The smallest absolute Gasteiger partial charge is 0.260 e. The van der Waals surface area contributed by atoms with Crippen molar-refractivity contribution in [2.75, 3.05) is 0 Å². The van der Waals surface area contributed by atoms with Crippen LogP contribution in [0.2, 0.25) is 0 Å². The number of thiol groups is 1. The fourth-order valence-electron chi connectivity index (χ4n) is 0.810. The predicted octanol–water partition coefficient (Wildman–Crippen LogP) is 1.73. The first kappa shape index (κ1) is 9.06. The lowest BCUT2D eigenvalue weighted by Gasteiger charge is -1.98. The van der Waals surface area contributed by atoms with Crippen LogP contribution in [0.5, 0.6) is 0 Å². The summed E-state index contributed by atoms with van der Waals surface area (Å²) in [6, 6.07) is 6.25. The van der Waals surface area contributed by atoms with Gasteiger partial charge in [-0.2, -0.15) is 0 Å². The van der Waals surface area contributed by atoms with Crippen LogP contribution >= 0.6 is 12.8 Å². The van der Waals surface area contributed by atoms with E-state index in [0.29, 0.717) is 11.1 Å². The van der Waals surface area contributed by atoms with E-state index < -0.39 is 6.67 Å². The molecule has 0 aromatic heterocycles. The topological polar surface area (TPSA) is 29.1 Å². The van der Waals surface area contributed by atoms with Gasteiger partial charge in [0.05, 0.1) is 0 Å². The summed E-state index contributed by atoms with van der Waals surface area (Å²) in [6.45, 7) is -0.511. The Bertz CT molecular complexity index is 273. The van der Waals surface area contributed by atoms with Crippen LogP contribution in [0.3, 0.4) is 0 Å². The van der Waals surface area contributed by atoms with Gasteiger partial charge < -0.3 is 0 Å². The quantitative estimate of drug-likeness (QED) is 0.675. The Morgan fingerprint density at radius 2 is 2.00 bits per heavy atom. The van der Waals surface area contributed by atoms with Gasteiger partial charge in [0.2, 0.25) is 0 Å². The molecule has 1 rings (SSSR count). The van der Waals surface area contributed by atoms with Crippen LogP contribution in [0.4, 0.5) is 4.39 Å². The van der Waals surface area contributed by atoms with E-state index in [2.05, 4.69) is 17.5 Å². The number of rotatable bonds is 2. The van der Waals surface area contributed by atoms with E-state index in [9.17, 15) is 9.18 Å². The van der Waals surface area contributed by atoms with Crippen molar-refractivity contribution < 1.29 is 9.18 Å². The molecule has 0 heterocycles. The molecule has 0 unspecified atom stereocenters. The van der Waals surface area contributed by atoms with Crippen LogP contribution in [-0.4, -0.2) is 5.91 Å². The second-order valence-corrected chi connectivity index (χ2v) is 2.50. The van der Waals surface area contributed by atoms with Gasteiger partial charge in [-0.15, -0.1) is 0 Å². The van der Waals surface area contributed by atoms with Gasteiger partial charge in [-0.05, 0) is 17.7 Å². The maximum absolute atomic E-state index is 12.0. The number of hydrogen-bond donors (Lipinski definition) is 2. The van der Waals surface area contributed by atoms with Crippen molar-refractivity contribution in [2.45, 2.75) is 6.67 Å². The van der Waals surface area contributed by atoms with E-state index in [4.69, 9.17) is 0 Å². The van der Waals surface area contributed by atoms with Gasteiger partial charge in [-0.1, -0.05) is 24.9 Å². The minimum Gasteiger partial charge on any atom is -0.299 e. The molecule has 0 fully saturated rings. The Morgan fingerprint density at radius 3 is 2.42 bits per heavy atom. The van der Waals surface area contributed by atoms with Gasteiger partial charge in [-0.3, -0.25) is 9.52 Å². The van der Waals surface area contributed by atoms with Crippen LogP contribution in [0.15, 0.2) is 24.3 Å². The molecule has 0 spiro atoms. The summed E-state index contributed by atoms with van der Waals surface area (Å²) < 4.78 is 14.2. The zero-order valence-electron chi connectivity index (χ0n) is 6.25. The molecular formula is C8H8FNOS. The highest BCUT2D eigenvalue weighted by Gasteiger charge is 2.01. The lowest BCUT2D eigenvalue weighted by Crippen LogP contribution is -2.12. The summed E-state index contributed by atoms with van der Waals surface area (Å²) in [6.07, 6.45) is 0. The first-order chi connectivity index (χ1) is 5.77. The lowest BCUT2D eigenvalue weighted by molar-refractivity contribution is 0.0985. The van der Waals surface area contributed by atoms with Crippen LogP contribution in [0.1, 0.15) is 15.9 Å². The van der Waals surface area contributed by atoms with Gasteiger partial charge in [-0.25, -0.2) is 4.39 Å². The molecule has 1 aromatic rings. The predicted molar refractivity (Wildman–Crippen MR) is 47.7 cm³/mol. The highest BCUT2D eigenvalue weighted by atomic mass is 32.1. The first-order valence-corrected chi connectivity index (χ1v) is 3.82. The van der Waals surface area contributed by atoms with E-state index >= 15 is 0 Å². The first-order valence-electron chi connectivity index (χ1n) is 3.37. The molecule has 0 bridgehead atoms.